The Morgan fingerprint density at radius 2 is 2.38 bits per heavy atom. The number of thiophene rings is 1. The van der Waals surface area contributed by atoms with Gasteiger partial charge in [0.1, 0.15) is 0 Å². The van der Waals surface area contributed by atoms with Crippen LogP contribution in [0.15, 0.2) is 11.4 Å². The number of hydrogen-bond donors (Lipinski definition) is 1. The Hall–Kier alpha value is -0.380. The Bertz CT molecular complexity index is 361. The van der Waals surface area contributed by atoms with E-state index in [1.807, 2.05) is 11.3 Å². The fourth-order valence-corrected chi connectivity index (χ4v) is 4.22. The maximum absolute atomic E-state index is 5.88. The highest BCUT2D eigenvalue weighted by Crippen LogP contribution is 2.33. The lowest BCUT2D eigenvalue weighted by atomic mass is 9.99. The Labute approximate surface area is 101 Å². The van der Waals surface area contributed by atoms with Crippen molar-refractivity contribution in [1.29, 1.82) is 0 Å². The van der Waals surface area contributed by atoms with Crippen molar-refractivity contribution < 1.29 is 0 Å². The smallest absolute Gasteiger partial charge is 0.0247 e. The van der Waals surface area contributed by atoms with Crippen molar-refractivity contribution in [1.82, 2.24) is 4.90 Å². The Balaban J connectivity index is 1.73. The average molecular weight is 236 g/mol. The van der Waals surface area contributed by atoms with Gasteiger partial charge in [-0.05, 0) is 48.7 Å². The van der Waals surface area contributed by atoms with Gasteiger partial charge in [0.15, 0.2) is 0 Å². The number of nitrogens with zero attached hydrogens (tertiary/aromatic N) is 1. The van der Waals surface area contributed by atoms with E-state index in [1.165, 1.54) is 38.8 Å². The first-order valence-corrected chi connectivity index (χ1v) is 7.26. The van der Waals surface area contributed by atoms with E-state index in [4.69, 9.17) is 5.73 Å². The van der Waals surface area contributed by atoms with Crippen LogP contribution in [0.25, 0.3) is 0 Å². The molecule has 0 saturated heterocycles. The van der Waals surface area contributed by atoms with Crippen molar-refractivity contribution in [2.24, 2.45) is 11.7 Å². The summed E-state index contributed by atoms with van der Waals surface area (Å²) in [4.78, 5) is 4.29. The molecule has 88 valence electrons. The highest BCUT2D eigenvalue weighted by atomic mass is 32.1. The monoisotopic (exact) mass is 236 g/mol. The van der Waals surface area contributed by atoms with Gasteiger partial charge in [-0.15, -0.1) is 11.3 Å². The maximum Gasteiger partial charge on any atom is 0.0247 e. The third-order valence-electron chi connectivity index (χ3n) is 4.23. The molecular weight excluding hydrogens is 216 g/mol. The first-order valence-electron chi connectivity index (χ1n) is 6.38. The molecule has 1 aromatic heterocycles. The number of rotatable bonds is 2. The lowest BCUT2D eigenvalue weighted by Crippen LogP contribution is -2.42. The van der Waals surface area contributed by atoms with E-state index >= 15 is 0 Å². The molecule has 2 N–H and O–H groups in total. The van der Waals surface area contributed by atoms with Crippen LogP contribution in [-0.4, -0.2) is 24.0 Å². The van der Waals surface area contributed by atoms with Crippen molar-refractivity contribution in [3.05, 3.63) is 21.9 Å². The lowest BCUT2D eigenvalue weighted by Gasteiger charge is -2.35. The van der Waals surface area contributed by atoms with Crippen molar-refractivity contribution in [2.45, 2.75) is 38.3 Å². The van der Waals surface area contributed by atoms with E-state index in [1.54, 1.807) is 10.4 Å². The summed E-state index contributed by atoms with van der Waals surface area (Å²) >= 11 is 1.93. The molecule has 16 heavy (non-hydrogen) atoms. The molecule has 1 saturated carbocycles. The molecule has 0 spiro atoms. The molecule has 2 heterocycles. The zero-order valence-corrected chi connectivity index (χ0v) is 10.5. The highest BCUT2D eigenvalue weighted by molar-refractivity contribution is 7.10. The van der Waals surface area contributed by atoms with E-state index in [9.17, 15) is 0 Å². The summed E-state index contributed by atoms with van der Waals surface area (Å²) in [5.74, 6) is 0.750. The molecule has 1 aromatic rings. The van der Waals surface area contributed by atoms with Crippen LogP contribution in [0.5, 0.6) is 0 Å². The molecule has 3 heteroatoms. The Morgan fingerprint density at radius 3 is 3.25 bits per heavy atom. The summed E-state index contributed by atoms with van der Waals surface area (Å²) in [5, 5.41) is 2.24. The fourth-order valence-electron chi connectivity index (χ4n) is 3.33. The van der Waals surface area contributed by atoms with Crippen LogP contribution in [0.1, 0.15) is 29.7 Å². The Morgan fingerprint density at radius 1 is 1.44 bits per heavy atom. The van der Waals surface area contributed by atoms with Gasteiger partial charge < -0.3 is 5.73 Å². The van der Waals surface area contributed by atoms with Gasteiger partial charge >= 0.3 is 0 Å². The van der Waals surface area contributed by atoms with Crippen LogP contribution >= 0.6 is 11.3 Å². The molecular formula is C13H20N2S. The number of nitrogens with two attached hydrogens (primary N) is 1. The minimum Gasteiger partial charge on any atom is -0.330 e. The van der Waals surface area contributed by atoms with E-state index < -0.39 is 0 Å². The van der Waals surface area contributed by atoms with Crippen molar-refractivity contribution >= 4 is 11.3 Å². The minimum absolute atomic E-state index is 0.750. The summed E-state index contributed by atoms with van der Waals surface area (Å²) in [6.07, 6.45) is 5.33. The van der Waals surface area contributed by atoms with Crippen LogP contribution in [0, 0.1) is 5.92 Å². The second-order valence-electron chi connectivity index (χ2n) is 5.08. The maximum atomic E-state index is 5.88. The minimum atomic E-state index is 0.750. The summed E-state index contributed by atoms with van der Waals surface area (Å²) in [5.41, 5.74) is 7.45. The van der Waals surface area contributed by atoms with Crippen LogP contribution < -0.4 is 5.73 Å². The standard InChI is InChI=1S/C13H20N2S/c14-8-10-2-1-3-12(10)15-6-4-13-11(9-15)5-7-16-13/h5,7,10,12H,1-4,6,8-9,14H2. The van der Waals surface area contributed by atoms with Gasteiger partial charge in [-0.1, -0.05) is 6.42 Å². The zero-order chi connectivity index (χ0) is 11.0. The molecule has 1 aliphatic carbocycles. The van der Waals surface area contributed by atoms with Crippen LogP contribution in [0.3, 0.4) is 0 Å². The molecule has 2 unspecified atom stereocenters. The first kappa shape index (κ1) is 10.8. The zero-order valence-electron chi connectivity index (χ0n) is 9.69. The molecule has 0 bridgehead atoms. The van der Waals surface area contributed by atoms with E-state index in [0.29, 0.717) is 0 Å². The molecule has 0 amide bonds. The van der Waals surface area contributed by atoms with E-state index in [-0.39, 0.29) is 0 Å². The third kappa shape index (κ3) is 1.81. The molecule has 0 aromatic carbocycles. The largest absolute Gasteiger partial charge is 0.330 e. The number of hydrogen-bond acceptors (Lipinski definition) is 3. The topological polar surface area (TPSA) is 29.3 Å². The van der Waals surface area contributed by atoms with Gasteiger partial charge in [-0.3, -0.25) is 4.90 Å². The van der Waals surface area contributed by atoms with Gasteiger partial charge in [0.2, 0.25) is 0 Å². The van der Waals surface area contributed by atoms with Gasteiger partial charge in [0, 0.05) is 24.0 Å². The summed E-state index contributed by atoms with van der Waals surface area (Å²) < 4.78 is 0. The lowest BCUT2D eigenvalue weighted by molar-refractivity contribution is 0.147. The SMILES string of the molecule is NCC1CCCC1N1CCc2sccc2C1. The van der Waals surface area contributed by atoms with Crippen molar-refractivity contribution in [3.8, 4) is 0 Å². The molecule has 2 aliphatic rings. The van der Waals surface area contributed by atoms with Crippen LogP contribution in [0.4, 0.5) is 0 Å². The van der Waals surface area contributed by atoms with Crippen LogP contribution in [0.2, 0.25) is 0 Å². The van der Waals surface area contributed by atoms with Gasteiger partial charge in [-0.25, -0.2) is 0 Å². The summed E-state index contributed by atoms with van der Waals surface area (Å²) in [6, 6.07) is 3.07. The second-order valence-corrected chi connectivity index (χ2v) is 6.08. The molecule has 3 rings (SSSR count). The molecule has 0 radical (unpaired) electrons. The molecule has 2 nitrogen and oxygen atoms in total. The quantitative estimate of drug-likeness (QED) is 0.853. The first-order chi connectivity index (χ1) is 7.88. The van der Waals surface area contributed by atoms with Gasteiger partial charge in [0.05, 0.1) is 0 Å². The summed E-state index contributed by atoms with van der Waals surface area (Å²) in [7, 11) is 0. The number of fused-ring (bicyclic) bond motifs is 1. The predicted octanol–water partition coefficient (Wildman–Crippen LogP) is 2.23. The predicted molar refractivity (Wildman–Crippen MR) is 68.6 cm³/mol. The van der Waals surface area contributed by atoms with Gasteiger partial charge in [-0.2, -0.15) is 0 Å². The molecule has 1 aliphatic heterocycles. The fraction of sp³-hybridized carbons (Fsp3) is 0.692. The van der Waals surface area contributed by atoms with E-state index in [0.717, 1.165) is 18.5 Å². The van der Waals surface area contributed by atoms with Crippen molar-refractivity contribution in [2.75, 3.05) is 13.1 Å². The highest BCUT2D eigenvalue weighted by Gasteiger charge is 2.32. The summed E-state index contributed by atoms with van der Waals surface area (Å²) in [6.45, 7) is 3.28. The molecule has 2 atom stereocenters. The average Bonchev–Trinajstić information content (AvgIpc) is 2.96. The second kappa shape index (κ2) is 4.47. The van der Waals surface area contributed by atoms with Crippen LogP contribution in [-0.2, 0) is 13.0 Å². The van der Waals surface area contributed by atoms with Gasteiger partial charge in [0.25, 0.3) is 0 Å². The van der Waals surface area contributed by atoms with Crippen molar-refractivity contribution in [3.63, 3.8) is 0 Å². The molecule has 1 fully saturated rings. The van der Waals surface area contributed by atoms with E-state index in [2.05, 4.69) is 16.3 Å². The third-order valence-corrected chi connectivity index (χ3v) is 5.25. The Kier molecular flexibility index (Phi) is 3.01. The normalized spacial score (nSPS) is 30.6.